The topological polar surface area (TPSA) is 46.5 Å². The van der Waals surface area contributed by atoms with E-state index in [2.05, 4.69) is 19.9 Å². The largest absolute Gasteiger partial charge is 0.508 e. The van der Waals surface area contributed by atoms with Crippen LogP contribution in [0.2, 0.25) is 0 Å². The number of carbonyl (C=O) groups is 1. The lowest BCUT2D eigenvalue weighted by molar-refractivity contribution is -0.154. The maximum absolute atomic E-state index is 11.5. The molecule has 4 rings (SSSR count). The molecule has 1 aromatic rings. The van der Waals surface area contributed by atoms with E-state index in [1.165, 1.54) is 30.4 Å². The van der Waals surface area contributed by atoms with Gasteiger partial charge in [0.05, 0.1) is 0 Å². The Balaban J connectivity index is 1.64. The average Bonchev–Trinajstić information content (AvgIpc) is 2.92. The van der Waals surface area contributed by atoms with Crippen LogP contribution >= 0.6 is 0 Å². The van der Waals surface area contributed by atoms with Gasteiger partial charge in [-0.3, -0.25) is 4.79 Å². The van der Waals surface area contributed by atoms with Crippen LogP contribution in [0.3, 0.4) is 0 Å². The van der Waals surface area contributed by atoms with Gasteiger partial charge in [0.25, 0.3) is 0 Å². The number of phenols is 1. The van der Waals surface area contributed by atoms with Gasteiger partial charge < -0.3 is 9.84 Å². The molecule has 0 saturated heterocycles. The maximum Gasteiger partial charge on any atom is 0.302 e. The maximum atomic E-state index is 11.5. The van der Waals surface area contributed by atoms with Crippen molar-refractivity contribution in [1.29, 1.82) is 0 Å². The van der Waals surface area contributed by atoms with E-state index in [0.717, 1.165) is 37.7 Å². The zero-order valence-electron chi connectivity index (χ0n) is 16.4. The normalized spacial score (nSPS) is 35.3. The van der Waals surface area contributed by atoms with Crippen molar-refractivity contribution in [2.45, 2.75) is 84.2 Å². The van der Waals surface area contributed by atoms with Crippen LogP contribution in [0.1, 0.15) is 81.9 Å². The van der Waals surface area contributed by atoms with Gasteiger partial charge in [0.2, 0.25) is 0 Å². The first-order chi connectivity index (χ1) is 12.4. The third kappa shape index (κ3) is 2.75. The number of fused-ring (bicyclic) bond motifs is 5. The Labute approximate surface area is 157 Å². The van der Waals surface area contributed by atoms with E-state index in [9.17, 15) is 9.90 Å². The van der Waals surface area contributed by atoms with Crippen LogP contribution < -0.4 is 0 Å². The molecule has 0 heterocycles. The summed E-state index contributed by atoms with van der Waals surface area (Å²) >= 11 is 0. The molecule has 5 atom stereocenters. The first-order valence-electron chi connectivity index (χ1n) is 10.5. The summed E-state index contributed by atoms with van der Waals surface area (Å²) in [5.41, 5.74) is 4.12. The zero-order chi connectivity index (χ0) is 18.5. The summed E-state index contributed by atoms with van der Waals surface area (Å²) in [6.45, 7) is 6.08. The number of carbonyl (C=O) groups excluding carboxylic acids is 1. The first kappa shape index (κ1) is 17.9. The molecule has 2 saturated carbocycles. The Kier molecular flexibility index (Phi) is 4.53. The third-order valence-electron chi connectivity index (χ3n) is 7.66. The van der Waals surface area contributed by atoms with Crippen LogP contribution in [-0.2, 0) is 22.4 Å². The van der Waals surface area contributed by atoms with Gasteiger partial charge in [0, 0.05) is 12.3 Å². The van der Waals surface area contributed by atoms with E-state index in [0.29, 0.717) is 23.5 Å². The summed E-state index contributed by atoms with van der Waals surface area (Å²) in [7, 11) is 0. The minimum Gasteiger partial charge on any atom is -0.508 e. The van der Waals surface area contributed by atoms with Gasteiger partial charge in [-0.2, -0.15) is 0 Å². The number of esters is 1. The molecule has 26 heavy (non-hydrogen) atoms. The molecular weight excluding hydrogens is 324 g/mol. The Bertz CT molecular complexity index is 710. The molecule has 2 fully saturated rings. The van der Waals surface area contributed by atoms with Gasteiger partial charge in [0.1, 0.15) is 11.9 Å². The van der Waals surface area contributed by atoms with Gasteiger partial charge >= 0.3 is 5.97 Å². The van der Waals surface area contributed by atoms with Crippen molar-refractivity contribution in [3.05, 3.63) is 28.8 Å². The van der Waals surface area contributed by atoms with E-state index < -0.39 is 0 Å². The molecule has 0 amide bonds. The van der Waals surface area contributed by atoms with Gasteiger partial charge in [0.15, 0.2) is 0 Å². The smallest absolute Gasteiger partial charge is 0.302 e. The molecule has 3 aliphatic carbocycles. The van der Waals surface area contributed by atoms with Gasteiger partial charge in [-0.25, -0.2) is 0 Å². The number of hydrogen-bond acceptors (Lipinski definition) is 3. The standard InChI is InChI=1S/C23H32O3/c1-4-5-16-12-19-15(13-21(16)25)6-7-18-17(19)10-11-23(3)20(18)8-9-22(23)26-14(2)24/h12-13,17-18,20,22,25H,4-11H2,1-3H3/t17-,18+,20-,22-,23-/m0/s1. The fraction of sp³-hybridized carbons (Fsp3) is 0.696. The lowest BCUT2D eigenvalue weighted by Crippen LogP contribution is -2.45. The van der Waals surface area contributed by atoms with Crippen molar-refractivity contribution in [1.82, 2.24) is 0 Å². The van der Waals surface area contributed by atoms with Crippen LogP contribution in [0.15, 0.2) is 12.1 Å². The van der Waals surface area contributed by atoms with E-state index in [1.807, 2.05) is 6.07 Å². The van der Waals surface area contributed by atoms with Crippen LogP contribution in [0.4, 0.5) is 0 Å². The van der Waals surface area contributed by atoms with E-state index in [4.69, 9.17) is 4.74 Å². The van der Waals surface area contributed by atoms with Crippen LogP contribution in [0, 0.1) is 17.3 Å². The van der Waals surface area contributed by atoms with Crippen LogP contribution in [-0.4, -0.2) is 17.2 Å². The summed E-state index contributed by atoms with van der Waals surface area (Å²) in [5, 5.41) is 10.4. The van der Waals surface area contributed by atoms with Crippen molar-refractivity contribution in [3.63, 3.8) is 0 Å². The molecule has 3 aliphatic rings. The number of ether oxygens (including phenoxy) is 1. The quantitative estimate of drug-likeness (QED) is 0.764. The Morgan fingerprint density at radius 2 is 2.08 bits per heavy atom. The van der Waals surface area contributed by atoms with Crippen molar-refractivity contribution in [2.75, 3.05) is 0 Å². The molecule has 0 radical (unpaired) electrons. The monoisotopic (exact) mass is 356 g/mol. The van der Waals surface area contributed by atoms with E-state index >= 15 is 0 Å². The highest BCUT2D eigenvalue weighted by atomic mass is 16.5. The molecule has 0 unspecified atom stereocenters. The number of aromatic hydroxyl groups is 1. The van der Waals surface area contributed by atoms with Gasteiger partial charge in [-0.1, -0.05) is 26.3 Å². The summed E-state index contributed by atoms with van der Waals surface area (Å²) in [6, 6.07) is 4.35. The highest BCUT2D eigenvalue weighted by molar-refractivity contribution is 5.66. The average molecular weight is 357 g/mol. The van der Waals surface area contributed by atoms with Crippen molar-refractivity contribution in [2.24, 2.45) is 17.3 Å². The summed E-state index contributed by atoms with van der Waals surface area (Å²) in [4.78, 5) is 11.5. The number of rotatable bonds is 3. The van der Waals surface area contributed by atoms with Crippen LogP contribution in [0.5, 0.6) is 5.75 Å². The highest BCUT2D eigenvalue weighted by Gasteiger charge is 2.56. The molecule has 1 aromatic carbocycles. The van der Waals surface area contributed by atoms with Crippen molar-refractivity contribution in [3.8, 4) is 5.75 Å². The minimum atomic E-state index is -0.132. The summed E-state index contributed by atoms with van der Waals surface area (Å²) < 4.78 is 5.73. The van der Waals surface area contributed by atoms with Crippen LogP contribution in [0.25, 0.3) is 0 Å². The SMILES string of the molecule is CCCc1cc2c(cc1O)CC[C@@H]1[C@@H]2CC[C@]2(C)[C@@H](OC(C)=O)CC[C@@H]12. The number of aryl methyl sites for hydroxylation is 2. The fourth-order valence-electron chi connectivity index (χ4n) is 6.47. The Hall–Kier alpha value is -1.51. The number of hydrogen-bond donors (Lipinski definition) is 1. The Morgan fingerprint density at radius 1 is 1.27 bits per heavy atom. The van der Waals surface area contributed by atoms with Gasteiger partial charge in [-0.15, -0.1) is 0 Å². The molecule has 142 valence electrons. The van der Waals surface area contributed by atoms with Crippen molar-refractivity contribution < 1.29 is 14.6 Å². The molecular formula is C23H32O3. The molecule has 0 spiro atoms. The predicted molar refractivity (Wildman–Crippen MR) is 102 cm³/mol. The fourth-order valence-corrected chi connectivity index (χ4v) is 6.47. The molecule has 0 aliphatic heterocycles. The Morgan fingerprint density at radius 3 is 2.81 bits per heavy atom. The molecule has 0 aromatic heterocycles. The first-order valence-corrected chi connectivity index (χ1v) is 10.5. The zero-order valence-corrected chi connectivity index (χ0v) is 16.4. The van der Waals surface area contributed by atoms with E-state index in [1.54, 1.807) is 6.92 Å². The molecule has 3 heteroatoms. The van der Waals surface area contributed by atoms with Crippen molar-refractivity contribution >= 4 is 5.97 Å². The lowest BCUT2D eigenvalue weighted by Gasteiger charge is -2.50. The second-order valence-electron chi connectivity index (χ2n) is 9.07. The van der Waals surface area contributed by atoms with E-state index in [-0.39, 0.29) is 17.5 Å². The second-order valence-corrected chi connectivity index (χ2v) is 9.07. The molecule has 3 nitrogen and oxygen atoms in total. The molecule has 1 N–H and O–H groups in total. The highest BCUT2D eigenvalue weighted by Crippen LogP contribution is 2.61. The number of benzene rings is 1. The lowest BCUT2D eigenvalue weighted by atomic mass is 9.55. The minimum absolute atomic E-state index is 0.0998. The number of phenolic OH excluding ortho intramolecular Hbond substituents is 1. The van der Waals surface area contributed by atoms with Gasteiger partial charge in [-0.05, 0) is 85.5 Å². The summed E-state index contributed by atoms with van der Waals surface area (Å²) in [6.07, 6.45) is 8.91. The molecule has 0 bridgehead atoms. The predicted octanol–water partition coefficient (Wildman–Crippen LogP) is 5.13. The second kappa shape index (κ2) is 6.58. The third-order valence-corrected chi connectivity index (χ3v) is 7.66. The summed E-state index contributed by atoms with van der Waals surface area (Å²) in [5.74, 6) is 2.32.